The fraction of sp³-hybridized carbons (Fsp3) is 0.652. The van der Waals surface area contributed by atoms with Gasteiger partial charge in [-0.25, -0.2) is 15.0 Å². The molecule has 2 fully saturated rings. The first-order chi connectivity index (χ1) is 15.7. The fourth-order valence-corrected chi connectivity index (χ4v) is 6.38. The van der Waals surface area contributed by atoms with Crippen LogP contribution in [0.5, 0.6) is 0 Å². The van der Waals surface area contributed by atoms with Crippen LogP contribution in [0.15, 0.2) is 15.6 Å². The average Bonchev–Trinajstić information content (AvgIpc) is 3.48. The molecule has 8 nitrogen and oxygen atoms in total. The van der Waals surface area contributed by atoms with E-state index in [9.17, 15) is 4.79 Å². The molecule has 1 aliphatic carbocycles. The number of ether oxygens (including phenoxy) is 1. The van der Waals surface area contributed by atoms with Crippen LogP contribution in [0.25, 0.3) is 0 Å². The number of fused-ring (bicyclic) bond motifs is 2. The van der Waals surface area contributed by atoms with Gasteiger partial charge in [-0.1, -0.05) is 0 Å². The molecule has 4 aliphatic rings. The predicted octanol–water partition coefficient (Wildman–Crippen LogP) is 2.97. The van der Waals surface area contributed by atoms with Crippen LogP contribution in [0.1, 0.15) is 61.1 Å². The van der Waals surface area contributed by atoms with Crippen LogP contribution in [-0.2, 0) is 28.8 Å². The highest BCUT2D eigenvalue weighted by molar-refractivity contribution is 7.99. The minimum absolute atomic E-state index is 0.0496. The van der Waals surface area contributed by atoms with Gasteiger partial charge >= 0.3 is 0 Å². The third kappa shape index (κ3) is 3.95. The summed E-state index contributed by atoms with van der Waals surface area (Å²) in [6.07, 6.45) is 9.71. The number of carbonyl (C=O) groups excluding carboxylic acids is 1. The molecule has 5 heterocycles. The van der Waals surface area contributed by atoms with Crippen molar-refractivity contribution in [2.75, 3.05) is 30.8 Å². The van der Waals surface area contributed by atoms with Crippen molar-refractivity contribution in [3.8, 4) is 0 Å². The lowest BCUT2D eigenvalue weighted by atomic mass is 9.95. The third-order valence-electron chi connectivity index (χ3n) is 7.17. The van der Waals surface area contributed by atoms with E-state index < -0.39 is 0 Å². The number of likely N-dealkylation sites (tertiary alicyclic amines) is 1. The molecular formula is C23H29N5O3S. The van der Waals surface area contributed by atoms with E-state index in [1.54, 1.807) is 18.1 Å². The van der Waals surface area contributed by atoms with Gasteiger partial charge in [-0.15, -0.1) is 11.8 Å². The van der Waals surface area contributed by atoms with Crippen molar-refractivity contribution in [3.63, 3.8) is 0 Å². The Morgan fingerprint density at radius 2 is 1.97 bits per heavy atom. The largest absolute Gasteiger partial charge is 0.445 e. The van der Waals surface area contributed by atoms with E-state index in [-0.39, 0.29) is 24.7 Å². The molecule has 0 bridgehead atoms. The molecule has 0 amide bonds. The summed E-state index contributed by atoms with van der Waals surface area (Å²) < 4.78 is 12.1. The second kappa shape index (κ2) is 8.76. The summed E-state index contributed by atoms with van der Waals surface area (Å²) in [5.74, 6) is 4.35. The quantitative estimate of drug-likeness (QED) is 0.747. The normalized spacial score (nSPS) is 26.7. The molecule has 0 radical (unpaired) electrons. The highest BCUT2D eigenvalue weighted by atomic mass is 32.2. The average molecular weight is 456 g/mol. The second-order valence-corrected chi connectivity index (χ2v) is 10.3. The summed E-state index contributed by atoms with van der Waals surface area (Å²) in [6.45, 7) is 2.01. The van der Waals surface area contributed by atoms with Crippen molar-refractivity contribution in [2.45, 2.75) is 74.4 Å². The van der Waals surface area contributed by atoms with Gasteiger partial charge in [0.1, 0.15) is 30.7 Å². The zero-order valence-corrected chi connectivity index (χ0v) is 19.0. The molecule has 2 unspecified atom stereocenters. The number of aromatic nitrogens is 3. The van der Waals surface area contributed by atoms with Gasteiger partial charge in [0, 0.05) is 44.0 Å². The van der Waals surface area contributed by atoms with Gasteiger partial charge in [0.25, 0.3) is 0 Å². The van der Waals surface area contributed by atoms with E-state index in [1.165, 1.54) is 18.5 Å². The number of anilines is 1. The molecule has 2 atom stereocenters. The lowest BCUT2D eigenvalue weighted by Crippen LogP contribution is -2.51. The number of oxazole rings is 1. The van der Waals surface area contributed by atoms with Crippen LogP contribution >= 0.6 is 11.8 Å². The van der Waals surface area contributed by atoms with Gasteiger partial charge in [0.2, 0.25) is 0 Å². The maximum Gasteiger partial charge on any atom is 0.197 e. The molecule has 0 spiro atoms. The van der Waals surface area contributed by atoms with Gasteiger partial charge in [-0.3, -0.25) is 9.69 Å². The van der Waals surface area contributed by atoms with Crippen molar-refractivity contribution in [2.24, 2.45) is 0 Å². The Labute approximate surface area is 191 Å². The maximum absolute atomic E-state index is 12.6. The lowest BCUT2D eigenvalue weighted by molar-refractivity contribution is -0.145. The Morgan fingerprint density at radius 1 is 1.09 bits per heavy atom. The first-order valence-electron chi connectivity index (χ1n) is 11.8. The Hall–Kier alpha value is -1.97. The van der Waals surface area contributed by atoms with Crippen molar-refractivity contribution >= 4 is 23.4 Å². The van der Waals surface area contributed by atoms with E-state index in [0.717, 1.165) is 79.0 Å². The molecule has 2 aromatic heterocycles. The molecule has 0 aromatic carbocycles. The minimum atomic E-state index is -0.273. The zero-order chi connectivity index (χ0) is 21.5. The topological polar surface area (TPSA) is 93.4 Å². The summed E-state index contributed by atoms with van der Waals surface area (Å²) in [4.78, 5) is 29.7. The van der Waals surface area contributed by atoms with E-state index in [2.05, 4.69) is 20.2 Å². The lowest BCUT2D eigenvalue weighted by Gasteiger charge is -2.40. The number of nitrogens with one attached hydrogen (secondary N) is 1. The molecular weight excluding hydrogens is 426 g/mol. The van der Waals surface area contributed by atoms with Gasteiger partial charge in [0.15, 0.2) is 11.7 Å². The van der Waals surface area contributed by atoms with Gasteiger partial charge in [-0.2, -0.15) is 0 Å². The molecule has 6 rings (SSSR count). The Kier molecular flexibility index (Phi) is 5.64. The van der Waals surface area contributed by atoms with Gasteiger partial charge in [-0.05, 0) is 32.1 Å². The number of Topliss-reactive ketones (excluding diaryl/α,β-unsaturated/α-hetero) is 1. The molecule has 2 saturated heterocycles. The van der Waals surface area contributed by atoms with Crippen molar-refractivity contribution in [3.05, 3.63) is 29.4 Å². The number of ketones is 1. The highest BCUT2D eigenvalue weighted by Gasteiger charge is 2.36. The molecule has 32 heavy (non-hydrogen) atoms. The molecule has 0 saturated carbocycles. The molecule has 170 valence electrons. The van der Waals surface area contributed by atoms with E-state index in [4.69, 9.17) is 14.1 Å². The van der Waals surface area contributed by atoms with Crippen molar-refractivity contribution < 1.29 is 13.9 Å². The number of aryl methyl sites for hydroxylation is 3. The van der Waals surface area contributed by atoms with Gasteiger partial charge in [0.05, 0.1) is 22.3 Å². The molecule has 3 aliphatic heterocycles. The number of hydrogen-bond donors (Lipinski definition) is 1. The first-order valence-corrected chi connectivity index (χ1v) is 12.8. The van der Waals surface area contributed by atoms with E-state index in [0.29, 0.717) is 12.3 Å². The summed E-state index contributed by atoms with van der Waals surface area (Å²) in [5, 5.41) is 3.41. The van der Waals surface area contributed by atoms with Crippen LogP contribution < -0.4 is 5.32 Å². The molecule has 2 aromatic rings. The smallest absolute Gasteiger partial charge is 0.197 e. The van der Waals surface area contributed by atoms with Crippen LogP contribution in [0.4, 0.5) is 5.82 Å². The second-order valence-electron chi connectivity index (χ2n) is 9.20. The summed E-state index contributed by atoms with van der Waals surface area (Å²) in [7, 11) is 0. The Balaban J connectivity index is 1.08. The fourth-order valence-electron chi connectivity index (χ4n) is 5.31. The highest BCUT2D eigenvalue weighted by Crippen LogP contribution is 2.36. The van der Waals surface area contributed by atoms with Crippen molar-refractivity contribution in [1.29, 1.82) is 0 Å². The number of thioether (sulfide) groups is 1. The first kappa shape index (κ1) is 20.6. The number of hydrogen-bond acceptors (Lipinski definition) is 9. The molecule has 1 N–H and O–H groups in total. The Morgan fingerprint density at radius 3 is 2.84 bits per heavy atom. The van der Waals surface area contributed by atoms with Crippen molar-refractivity contribution in [1.82, 2.24) is 19.9 Å². The monoisotopic (exact) mass is 455 g/mol. The third-order valence-corrected chi connectivity index (χ3v) is 8.29. The van der Waals surface area contributed by atoms with E-state index in [1.807, 2.05) is 0 Å². The minimum Gasteiger partial charge on any atom is -0.445 e. The number of nitrogens with zero attached hydrogens (tertiary/aromatic N) is 4. The number of rotatable bonds is 4. The Bertz CT molecular complexity index is 980. The number of piperidine rings is 1. The van der Waals surface area contributed by atoms with E-state index >= 15 is 0 Å². The van der Waals surface area contributed by atoms with Crippen LogP contribution in [-0.4, -0.2) is 63.4 Å². The summed E-state index contributed by atoms with van der Waals surface area (Å²) >= 11 is 1.77. The summed E-state index contributed by atoms with van der Waals surface area (Å²) in [6, 6.07) is -0.273. The standard InChI is InChI=1S/C23H29N5O3S/c29-18-12-30-20(11-17(18)26-22-21-16(7-10-32-21)24-13-25-22)28-8-5-14(6-9-28)23-27-15-3-1-2-4-19(15)31-23/h13-14,17,20H,1-12H2,(H,24,25,26). The molecule has 9 heteroatoms. The predicted molar refractivity (Wildman–Crippen MR) is 120 cm³/mol. The number of carbonyl (C=O) groups is 1. The zero-order valence-electron chi connectivity index (χ0n) is 18.2. The maximum atomic E-state index is 12.6. The van der Waals surface area contributed by atoms with Gasteiger partial charge < -0.3 is 14.5 Å². The van der Waals surface area contributed by atoms with Crippen LogP contribution in [0.3, 0.4) is 0 Å². The SMILES string of the molecule is O=C1COC(N2CCC(c3nc4c(o3)CCCC4)CC2)CC1Nc1ncnc2c1SCC2. The van der Waals surface area contributed by atoms with Crippen LogP contribution in [0, 0.1) is 0 Å². The summed E-state index contributed by atoms with van der Waals surface area (Å²) in [5.41, 5.74) is 2.27. The van der Waals surface area contributed by atoms with Crippen LogP contribution in [0.2, 0.25) is 0 Å².